The van der Waals surface area contributed by atoms with Crippen LogP contribution in [-0.2, 0) is 11.3 Å². The first-order valence-corrected chi connectivity index (χ1v) is 8.19. The molecular formula is C19H19N3O2. The van der Waals surface area contributed by atoms with E-state index in [4.69, 9.17) is 4.74 Å². The third-order valence-electron chi connectivity index (χ3n) is 4.35. The molecule has 4 rings (SSSR count). The highest BCUT2D eigenvalue weighted by Crippen LogP contribution is 2.19. The van der Waals surface area contributed by atoms with E-state index < -0.39 is 0 Å². The van der Waals surface area contributed by atoms with Crippen LogP contribution in [0.1, 0.15) is 5.82 Å². The van der Waals surface area contributed by atoms with Crippen molar-refractivity contribution in [3.63, 3.8) is 0 Å². The second-order valence-corrected chi connectivity index (χ2v) is 5.91. The summed E-state index contributed by atoms with van der Waals surface area (Å²) < 4.78 is 7.51. The summed E-state index contributed by atoms with van der Waals surface area (Å²) in [6, 6.07) is 17.7. The molecule has 24 heavy (non-hydrogen) atoms. The zero-order chi connectivity index (χ0) is 16.4. The van der Waals surface area contributed by atoms with Crippen LogP contribution in [0.5, 0.6) is 0 Å². The topological polar surface area (TPSA) is 47.4 Å². The van der Waals surface area contributed by atoms with Crippen LogP contribution in [-0.4, -0.2) is 40.8 Å². The fourth-order valence-electron chi connectivity index (χ4n) is 3.15. The van der Waals surface area contributed by atoms with E-state index in [1.54, 1.807) is 0 Å². The maximum absolute atomic E-state index is 12.5. The lowest BCUT2D eigenvalue weighted by Gasteiger charge is -2.27. The highest BCUT2D eigenvalue weighted by molar-refractivity contribution is 5.79. The number of benzene rings is 2. The molecule has 1 fully saturated rings. The van der Waals surface area contributed by atoms with Gasteiger partial charge >= 0.3 is 0 Å². The highest BCUT2D eigenvalue weighted by Gasteiger charge is 2.17. The summed E-state index contributed by atoms with van der Waals surface area (Å²) in [5, 5.41) is 0.645. The predicted molar refractivity (Wildman–Crippen MR) is 93.4 cm³/mol. The van der Waals surface area contributed by atoms with E-state index in [1.165, 1.54) is 0 Å². The van der Waals surface area contributed by atoms with Crippen molar-refractivity contribution in [1.29, 1.82) is 0 Å². The molecular weight excluding hydrogens is 302 g/mol. The van der Waals surface area contributed by atoms with Crippen molar-refractivity contribution in [2.24, 2.45) is 0 Å². The average molecular weight is 321 g/mol. The predicted octanol–water partition coefficient (Wildman–Crippen LogP) is 2.22. The van der Waals surface area contributed by atoms with Crippen LogP contribution in [0.2, 0.25) is 0 Å². The Bertz CT molecular complexity index is 899. The van der Waals surface area contributed by atoms with Gasteiger partial charge in [0.25, 0.3) is 5.56 Å². The summed E-state index contributed by atoms with van der Waals surface area (Å²) in [6.45, 7) is 3.81. The van der Waals surface area contributed by atoms with Crippen molar-refractivity contribution in [2.75, 3.05) is 26.3 Å². The molecule has 0 saturated carbocycles. The summed E-state index contributed by atoms with van der Waals surface area (Å²) in [4.78, 5) is 19.1. The Balaban J connectivity index is 1.89. The number of para-hydroxylation sites is 2. The Labute approximate surface area is 140 Å². The third kappa shape index (κ3) is 2.84. The standard InChI is InChI=1S/C19H19N3O2/c23-19-16-8-4-5-9-17(16)22(15-6-2-1-3-7-15)18(20-19)14-21-10-12-24-13-11-21/h1-9H,10-14H2. The van der Waals surface area contributed by atoms with Crippen molar-refractivity contribution in [1.82, 2.24) is 14.5 Å². The number of aromatic nitrogens is 2. The maximum atomic E-state index is 12.5. The van der Waals surface area contributed by atoms with Crippen LogP contribution in [0, 0.1) is 0 Å². The van der Waals surface area contributed by atoms with E-state index in [2.05, 4.69) is 14.5 Å². The molecule has 3 aromatic rings. The Morgan fingerprint density at radius 3 is 2.46 bits per heavy atom. The fourth-order valence-corrected chi connectivity index (χ4v) is 3.15. The van der Waals surface area contributed by atoms with Gasteiger partial charge in [0.2, 0.25) is 0 Å². The van der Waals surface area contributed by atoms with Crippen LogP contribution < -0.4 is 5.56 Å². The van der Waals surface area contributed by atoms with Gasteiger partial charge in [-0.05, 0) is 24.3 Å². The number of nitrogens with zero attached hydrogens (tertiary/aromatic N) is 3. The zero-order valence-electron chi connectivity index (χ0n) is 13.4. The molecule has 5 nitrogen and oxygen atoms in total. The lowest BCUT2D eigenvalue weighted by molar-refractivity contribution is 0.0328. The molecule has 122 valence electrons. The molecule has 5 heteroatoms. The quantitative estimate of drug-likeness (QED) is 0.742. The largest absolute Gasteiger partial charge is 0.379 e. The van der Waals surface area contributed by atoms with E-state index in [1.807, 2.05) is 54.6 Å². The fraction of sp³-hybridized carbons (Fsp3) is 0.263. The Morgan fingerprint density at radius 1 is 0.958 bits per heavy atom. The zero-order valence-corrected chi connectivity index (χ0v) is 13.4. The molecule has 0 bridgehead atoms. The van der Waals surface area contributed by atoms with Gasteiger partial charge in [-0.1, -0.05) is 30.3 Å². The highest BCUT2D eigenvalue weighted by atomic mass is 16.5. The lowest BCUT2D eigenvalue weighted by atomic mass is 10.2. The molecule has 0 spiro atoms. The molecule has 1 saturated heterocycles. The van der Waals surface area contributed by atoms with Crippen LogP contribution in [0.15, 0.2) is 59.4 Å². The summed E-state index contributed by atoms with van der Waals surface area (Å²) in [6.07, 6.45) is 0. The smallest absolute Gasteiger partial charge is 0.280 e. The molecule has 0 radical (unpaired) electrons. The van der Waals surface area contributed by atoms with Crippen molar-refractivity contribution in [2.45, 2.75) is 6.54 Å². The molecule has 2 heterocycles. The minimum absolute atomic E-state index is 0.166. The van der Waals surface area contributed by atoms with Gasteiger partial charge < -0.3 is 4.74 Å². The van der Waals surface area contributed by atoms with Gasteiger partial charge in [0, 0.05) is 18.8 Å². The van der Waals surface area contributed by atoms with Crippen molar-refractivity contribution >= 4 is 10.9 Å². The molecule has 1 aromatic heterocycles. The summed E-state index contributed by atoms with van der Waals surface area (Å²) >= 11 is 0. The second kappa shape index (κ2) is 6.55. The number of morpholine rings is 1. The van der Waals surface area contributed by atoms with E-state index in [0.717, 1.165) is 43.3 Å². The normalized spacial score (nSPS) is 15.7. The summed E-state index contributed by atoms with van der Waals surface area (Å²) in [5.74, 6) is 0.770. The Kier molecular flexibility index (Phi) is 4.11. The van der Waals surface area contributed by atoms with Gasteiger partial charge in [0.15, 0.2) is 0 Å². The number of ether oxygens (including phenoxy) is 1. The Hall–Kier alpha value is -2.50. The molecule has 0 N–H and O–H groups in total. The first kappa shape index (κ1) is 15.1. The SMILES string of the molecule is O=c1nc(CN2CCOCC2)n(-c2ccccc2)c2ccccc12. The molecule has 1 aliphatic heterocycles. The monoisotopic (exact) mass is 321 g/mol. The van der Waals surface area contributed by atoms with Crippen molar-refractivity contribution < 1.29 is 4.74 Å². The molecule has 0 unspecified atom stereocenters. The number of fused-ring (bicyclic) bond motifs is 1. The summed E-state index contributed by atoms with van der Waals surface area (Å²) in [5.41, 5.74) is 1.75. The van der Waals surface area contributed by atoms with Gasteiger partial charge in [-0.3, -0.25) is 14.3 Å². The first-order valence-electron chi connectivity index (χ1n) is 8.19. The molecule has 0 aliphatic carbocycles. The molecule has 2 aromatic carbocycles. The average Bonchev–Trinajstić information content (AvgIpc) is 2.64. The van der Waals surface area contributed by atoms with Gasteiger partial charge in [-0.15, -0.1) is 0 Å². The molecule has 0 atom stereocenters. The molecule has 0 amide bonds. The van der Waals surface area contributed by atoms with Crippen molar-refractivity contribution in [3.05, 3.63) is 70.8 Å². The van der Waals surface area contributed by atoms with Gasteiger partial charge in [-0.2, -0.15) is 4.98 Å². The van der Waals surface area contributed by atoms with Gasteiger partial charge in [0.05, 0.1) is 30.7 Å². The summed E-state index contributed by atoms with van der Waals surface area (Å²) in [7, 11) is 0. The van der Waals surface area contributed by atoms with Crippen LogP contribution >= 0.6 is 0 Å². The van der Waals surface area contributed by atoms with E-state index in [9.17, 15) is 4.79 Å². The maximum Gasteiger partial charge on any atom is 0.280 e. The van der Waals surface area contributed by atoms with Crippen LogP contribution in [0.4, 0.5) is 0 Å². The van der Waals surface area contributed by atoms with Crippen LogP contribution in [0.25, 0.3) is 16.6 Å². The van der Waals surface area contributed by atoms with Crippen molar-refractivity contribution in [3.8, 4) is 5.69 Å². The second-order valence-electron chi connectivity index (χ2n) is 5.91. The van der Waals surface area contributed by atoms with E-state index in [0.29, 0.717) is 11.9 Å². The van der Waals surface area contributed by atoms with Gasteiger partial charge in [0.1, 0.15) is 5.82 Å². The van der Waals surface area contributed by atoms with Crippen LogP contribution in [0.3, 0.4) is 0 Å². The van der Waals surface area contributed by atoms with E-state index in [-0.39, 0.29) is 5.56 Å². The first-order chi connectivity index (χ1) is 11.8. The molecule has 1 aliphatic rings. The Morgan fingerprint density at radius 2 is 1.67 bits per heavy atom. The third-order valence-corrected chi connectivity index (χ3v) is 4.35. The minimum Gasteiger partial charge on any atom is -0.379 e. The van der Waals surface area contributed by atoms with Gasteiger partial charge in [-0.25, -0.2) is 0 Å². The van der Waals surface area contributed by atoms with E-state index >= 15 is 0 Å². The number of hydrogen-bond donors (Lipinski definition) is 0. The number of hydrogen-bond acceptors (Lipinski definition) is 4. The lowest BCUT2D eigenvalue weighted by Crippen LogP contribution is -2.37. The minimum atomic E-state index is -0.166. The number of rotatable bonds is 3.